The highest BCUT2D eigenvalue weighted by Gasteiger charge is 2.45. The fourth-order valence-corrected chi connectivity index (χ4v) is 10.2. The van der Waals surface area contributed by atoms with Crippen LogP contribution in [0.4, 0.5) is 17.1 Å². The molecule has 9 aromatic carbocycles. The summed E-state index contributed by atoms with van der Waals surface area (Å²) in [6, 6.07) is 82.3. The van der Waals surface area contributed by atoms with Crippen molar-refractivity contribution >= 4 is 48.6 Å². The van der Waals surface area contributed by atoms with Crippen LogP contribution < -0.4 is 4.90 Å². The monoisotopic (exact) mass is 743 g/mol. The predicted octanol–water partition coefficient (Wildman–Crippen LogP) is 15.2. The van der Waals surface area contributed by atoms with E-state index in [2.05, 4.69) is 229 Å². The minimum Gasteiger partial charge on any atom is -0.310 e. The molecule has 0 fully saturated rings. The summed E-state index contributed by atoms with van der Waals surface area (Å²) in [5.74, 6) is 0. The maximum atomic E-state index is 2.37. The van der Waals surface area contributed by atoms with Crippen LogP contribution in [0.3, 0.4) is 0 Å². The zero-order valence-corrected chi connectivity index (χ0v) is 32.0. The Labute approximate surface area is 337 Å². The summed E-state index contributed by atoms with van der Waals surface area (Å²) in [6.45, 7) is 0. The van der Waals surface area contributed by atoms with E-state index in [0.717, 1.165) is 17.1 Å². The molecule has 0 radical (unpaired) electrons. The lowest BCUT2D eigenvalue weighted by atomic mass is 9.67. The van der Waals surface area contributed by atoms with Gasteiger partial charge in [0.05, 0.1) is 5.41 Å². The van der Waals surface area contributed by atoms with Crippen molar-refractivity contribution < 1.29 is 0 Å². The van der Waals surface area contributed by atoms with Crippen LogP contribution in [0.1, 0.15) is 22.3 Å². The number of para-hydroxylation sites is 1. The molecule has 0 bridgehead atoms. The van der Waals surface area contributed by atoms with E-state index in [1.165, 1.54) is 75.8 Å². The van der Waals surface area contributed by atoms with Crippen LogP contribution in [0, 0.1) is 0 Å². The van der Waals surface area contributed by atoms with Crippen LogP contribution in [-0.4, -0.2) is 0 Å². The molecule has 0 aliphatic heterocycles. The van der Waals surface area contributed by atoms with Gasteiger partial charge in [-0.3, -0.25) is 0 Å². The van der Waals surface area contributed by atoms with Gasteiger partial charge in [0.25, 0.3) is 0 Å². The van der Waals surface area contributed by atoms with E-state index in [1.54, 1.807) is 0 Å². The molecule has 57 heavy (non-hydrogen) atoms. The number of hydrogen-bond donors (Lipinski definition) is 0. The molecular weight excluding hydrogens is 707 g/mol. The molecule has 1 aromatic heterocycles. The zero-order valence-electron chi connectivity index (χ0n) is 31.2. The van der Waals surface area contributed by atoms with Gasteiger partial charge in [0.1, 0.15) is 0 Å². The summed E-state index contributed by atoms with van der Waals surface area (Å²) < 4.78 is 2.60. The summed E-state index contributed by atoms with van der Waals surface area (Å²) in [7, 11) is 0. The number of benzene rings is 9. The zero-order chi connectivity index (χ0) is 37.8. The molecule has 1 aliphatic carbocycles. The minimum absolute atomic E-state index is 0.398. The Hall–Kier alpha value is -7.00. The predicted molar refractivity (Wildman–Crippen MR) is 242 cm³/mol. The number of fused-ring (bicyclic) bond motifs is 6. The van der Waals surface area contributed by atoms with Crippen molar-refractivity contribution in [2.45, 2.75) is 5.41 Å². The SMILES string of the molecule is c1ccc(-c2ccc3sc4ccc(N(c5ccccc5)c5ccc(-c6ccc(C7(c8ccccc8)c8ccccc8-c8ccccc87)cc6)cc5)cc4c3c2)cc1. The third-order valence-electron chi connectivity index (χ3n) is 11.8. The van der Waals surface area contributed by atoms with Crippen molar-refractivity contribution in [1.82, 2.24) is 0 Å². The summed E-state index contributed by atoms with van der Waals surface area (Å²) >= 11 is 1.86. The number of rotatable bonds is 7. The molecule has 2 heteroatoms. The third-order valence-corrected chi connectivity index (χ3v) is 12.9. The van der Waals surface area contributed by atoms with Crippen LogP contribution in [-0.2, 0) is 5.41 Å². The second-order valence-corrected chi connectivity index (χ2v) is 15.9. The fraction of sp³-hybridized carbons (Fsp3) is 0.0182. The first-order valence-electron chi connectivity index (χ1n) is 19.6. The van der Waals surface area contributed by atoms with Crippen LogP contribution >= 0.6 is 11.3 Å². The van der Waals surface area contributed by atoms with Gasteiger partial charge in [-0.1, -0.05) is 170 Å². The van der Waals surface area contributed by atoms with Gasteiger partial charge in [0.15, 0.2) is 0 Å². The molecule has 0 spiro atoms. The fourth-order valence-electron chi connectivity index (χ4n) is 9.17. The van der Waals surface area contributed by atoms with Gasteiger partial charge in [-0.05, 0) is 110 Å². The Bertz CT molecular complexity index is 2990. The van der Waals surface area contributed by atoms with Gasteiger partial charge in [0.2, 0.25) is 0 Å². The molecular formula is C55H37NS. The lowest BCUT2D eigenvalue weighted by Crippen LogP contribution is -2.28. The molecule has 0 N–H and O–H groups in total. The van der Waals surface area contributed by atoms with Crippen molar-refractivity contribution in [2.75, 3.05) is 4.90 Å². The molecule has 10 aromatic rings. The minimum atomic E-state index is -0.398. The first-order valence-corrected chi connectivity index (χ1v) is 20.4. The third kappa shape index (κ3) is 5.44. The average Bonchev–Trinajstić information content (AvgIpc) is 3.81. The lowest BCUT2D eigenvalue weighted by Gasteiger charge is -2.34. The van der Waals surface area contributed by atoms with Crippen molar-refractivity contribution in [3.8, 4) is 33.4 Å². The van der Waals surface area contributed by atoms with Crippen LogP contribution in [0.25, 0.3) is 53.6 Å². The Morgan fingerprint density at radius 1 is 0.316 bits per heavy atom. The van der Waals surface area contributed by atoms with Crippen LogP contribution in [0.15, 0.2) is 224 Å². The van der Waals surface area contributed by atoms with Gasteiger partial charge >= 0.3 is 0 Å². The first-order chi connectivity index (χ1) is 28.3. The maximum Gasteiger partial charge on any atom is 0.0713 e. The summed E-state index contributed by atoms with van der Waals surface area (Å²) in [5, 5.41) is 2.58. The van der Waals surface area contributed by atoms with E-state index in [4.69, 9.17) is 0 Å². The molecule has 0 amide bonds. The molecule has 1 nitrogen and oxygen atoms in total. The first kappa shape index (κ1) is 33.3. The lowest BCUT2D eigenvalue weighted by molar-refractivity contribution is 0.768. The number of nitrogens with zero attached hydrogens (tertiary/aromatic N) is 1. The summed E-state index contributed by atoms with van der Waals surface area (Å²) in [5.41, 5.74) is 15.7. The standard InChI is InChI=1S/C55H37NS/c1-4-14-38(15-5-1)41-28-34-53-49(36-41)50-37-46(33-35-54(50)57-53)56(44-18-8-3-9-19-44)45-31-26-40(27-32-45)39-24-29-43(30-25-39)55(42-16-6-2-7-17-42)51-22-12-10-20-47(51)48-21-11-13-23-52(48)55/h1-37H. The van der Waals surface area contributed by atoms with Crippen molar-refractivity contribution in [3.05, 3.63) is 247 Å². The highest BCUT2D eigenvalue weighted by molar-refractivity contribution is 7.25. The quantitative estimate of drug-likeness (QED) is 0.157. The van der Waals surface area contributed by atoms with Gasteiger partial charge in [0, 0.05) is 37.2 Å². The topological polar surface area (TPSA) is 3.24 Å². The highest BCUT2D eigenvalue weighted by atomic mass is 32.1. The van der Waals surface area contributed by atoms with Crippen molar-refractivity contribution in [3.63, 3.8) is 0 Å². The largest absolute Gasteiger partial charge is 0.310 e. The molecule has 268 valence electrons. The van der Waals surface area contributed by atoms with E-state index in [9.17, 15) is 0 Å². The van der Waals surface area contributed by atoms with E-state index in [0.29, 0.717) is 0 Å². The number of anilines is 3. The van der Waals surface area contributed by atoms with Crippen LogP contribution in [0.2, 0.25) is 0 Å². The second-order valence-electron chi connectivity index (χ2n) is 14.9. The van der Waals surface area contributed by atoms with E-state index < -0.39 is 5.41 Å². The number of thiophene rings is 1. The Balaban J connectivity index is 0.976. The van der Waals surface area contributed by atoms with Gasteiger partial charge < -0.3 is 4.90 Å². The van der Waals surface area contributed by atoms with Gasteiger partial charge in [-0.25, -0.2) is 0 Å². The van der Waals surface area contributed by atoms with Gasteiger partial charge in [-0.15, -0.1) is 11.3 Å². The summed E-state index contributed by atoms with van der Waals surface area (Å²) in [4.78, 5) is 2.37. The molecule has 11 rings (SSSR count). The second kappa shape index (κ2) is 13.6. The summed E-state index contributed by atoms with van der Waals surface area (Å²) in [6.07, 6.45) is 0. The highest BCUT2D eigenvalue weighted by Crippen LogP contribution is 2.56. The normalized spacial score (nSPS) is 12.7. The van der Waals surface area contributed by atoms with Crippen LogP contribution in [0.5, 0.6) is 0 Å². The van der Waals surface area contributed by atoms with E-state index >= 15 is 0 Å². The number of hydrogen-bond acceptors (Lipinski definition) is 2. The molecule has 0 saturated heterocycles. The Morgan fingerprint density at radius 3 is 1.40 bits per heavy atom. The Morgan fingerprint density at radius 2 is 0.754 bits per heavy atom. The van der Waals surface area contributed by atoms with E-state index in [1.807, 2.05) is 11.3 Å². The van der Waals surface area contributed by atoms with Gasteiger partial charge in [-0.2, -0.15) is 0 Å². The molecule has 1 heterocycles. The molecule has 0 unspecified atom stereocenters. The van der Waals surface area contributed by atoms with Crippen molar-refractivity contribution in [1.29, 1.82) is 0 Å². The Kier molecular flexibility index (Phi) is 7.98. The molecule has 1 aliphatic rings. The maximum absolute atomic E-state index is 2.37. The smallest absolute Gasteiger partial charge is 0.0713 e. The molecule has 0 atom stereocenters. The van der Waals surface area contributed by atoms with E-state index in [-0.39, 0.29) is 0 Å². The average molecular weight is 744 g/mol. The van der Waals surface area contributed by atoms with Crippen molar-refractivity contribution in [2.24, 2.45) is 0 Å². The molecule has 0 saturated carbocycles.